The number of nitrogens with zero attached hydrogens (tertiary/aromatic N) is 4. The van der Waals surface area contributed by atoms with Gasteiger partial charge in [0, 0.05) is 31.0 Å². The average molecular weight is 471 g/mol. The van der Waals surface area contributed by atoms with Gasteiger partial charge >= 0.3 is 0 Å². The van der Waals surface area contributed by atoms with Crippen LogP contribution in [0.3, 0.4) is 0 Å². The molecule has 0 N–H and O–H groups in total. The molecule has 0 spiro atoms. The van der Waals surface area contributed by atoms with Gasteiger partial charge in [0.05, 0.1) is 12.3 Å². The van der Waals surface area contributed by atoms with E-state index < -0.39 is 6.43 Å². The van der Waals surface area contributed by atoms with E-state index >= 15 is 0 Å². The van der Waals surface area contributed by atoms with Gasteiger partial charge in [0.2, 0.25) is 0 Å². The minimum atomic E-state index is -2.54. The third kappa shape index (κ3) is 6.64. The summed E-state index contributed by atoms with van der Waals surface area (Å²) in [5.74, 6) is 1.90. The Morgan fingerprint density at radius 1 is 1.09 bits per heavy atom. The molecule has 176 valence electrons. The Morgan fingerprint density at radius 3 is 2.58 bits per heavy atom. The van der Waals surface area contributed by atoms with Crippen LogP contribution < -0.4 is 4.31 Å². The summed E-state index contributed by atoms with van der Waals surface area (Å²) in [7, 11) is 0. The van der Waals surface area contributed by atoms with Gasteiger partial charge in [-0.1, -0.05) is 55.8 Å². The van der Waals surface area contributed by atoms with Crippen LogP contribution in [0.1, 0.15) is 43.7 Å². The van der Waals surface area contributed by atoms with Crippen LogP contribution in [0.5, 0.6) is 0 Å². The van der Waals surface area contributed by atoms with Crippen LogP contribution in [0.4, 0.5) is 14.5 Å². The highest BCUT2D eigenvalue weighted by atomic mass is 32.2. The smallest absolute Gasteiger partial charge is 0.278 e. The van der Waals surface area contributed by atoms with Gasteiger partial charge in [0.1, 0.15) is 5.71 Å². The Labute approximate surface area is 199 Å². The molecule has 1 atom stereocenters. The van der Waals surface area contributed by atoms with Crippen LogP contribution in [0, 0.1) is 5.92 Å². The van der Waals surface area contributed by atoms with Gasteiger partial charge in [-0.15, -0.1) is 0 Å². The van der Waals surface area contributed by atoms with E-state index in [4.69, 9.17) is 0 Å². The van der Waals surface area contributed by atoms with E-state index in [1.54, 1.807) is 0 Å². The molecule has 2 aliphatic heterocycles. The number of rotatable bonds is 10. The van der Waals surface area contributed by atoms with E-state index in [-0.39, 0.29) is 12.1 Å². The third-order valence-corrected chi connectivity index (χ3v) is 7.41. The van der Waals surface area contributed by atoms with Crippen LogP contribution in [0.2, 0.25) is 0 Å². The molecular formula is C26H32F2N4S. The molecular weight excluding hydrogens is 438 g/mol. The number of alkyl halides is 2. The molecule has 2 aliphatic rings. The molecule has 1 fully saturated rings. The molecule has 0 amide bonds. The number of piperidine rings is 1. The van der Waals surface area contributed by atoms with Crippen LogP contribution in [0.15, 0.2) is 64.8 Å². The summed E-state index contributed by atoms with van der Waals surface area (Å²) in [6.07, 6.45) is 1.54. The molecule has 0 saturated carbocycles. The van der Waals surface area contributed by atoms with E-state index in [2.05, 4.69) is 62.7 Å². The minimum Gasteiger partial charge on any atom is -0.312 e. The Hall–Kier alpha value is -2.25. The lowest BCUT2D eigenvalue weighted by Crippen LogP contribution is -2.37. The van der Waals surface area contributed by atoms with Crippen LogP contribution >= 0.6 is 11.9 Å². The Kier molecular flexibility index (Phi) is 8.51. The van der Waals surface area contributed by atoms with Gasteiger partial charge in [0.25, 0.3) is 6.43 Å². The second kappa shape index (κ2) is 11.7. The monoisotopic (exact) mass is 470 g/mol. The number of halogens is 2. The fraction of sp³-hybridized carbons (Fsp3) is 0.462. The van der Waals surface area contributed by atoms with E-state index in [0.717, 1.165) is 30.3 Å². The Bertz CT molecular complexity index is 947. The normalized spacial score (nSPS) is 19.0. The highest BCUT2D eigenvalue weighted by Crippen LogP contribution is 2.26. The quantitative estimate of drug-likeness (QED) is 0.383. The highest BCUT2D eigenvalue weighted by molar-refractivity contribution is 8.00. The first-order valence-electron chi connectivity index (χ1n) is 11.8. The molecule has 0 radical (unpaired) electrons. The van der Waals surface area contributed by atoms with E-state index in [0.29, 0.717) is 5.71 Å². The number of benzene rings is 2. The van der Waals surface area contributed by atoms with Crippen molar-refractivity contribution in [3.8, 4) is 0 Å². The fourth-order valence-electron chi connectivity index (χ4n) is 4.39. The Balaban J connectivity index is 1.36. The summed E-state index contributed by atoms with van der Waals surface area (Å²) >= 11 is 1.87. The number of likely N-dealkylation sites (tertiary alicyclic amines) is 1. The van der Waals surface area contributed by atoms with E-state index in [1.165, 1.54) is 43.6 Å². The van der Waals surface area contributed by atoms with Crippen molar-refractivity contribution in [3.63, 3.8) is 0 Å². The lowest BCUT2D eigenvalue weighted by atomic mass is 9.96. The first-order valence-corrected chi connectivity index (χ1v) is 12.7. The summed E-state index contributed by atoms with van der Waals surface area (Å²) in [5, 5.41) is 7.57. The predicted molar refractivity (Wildman–Crippen MR) is 136 cm³/mol. The van der Waals surface area contributed by atoms with Crippen LogP contribution in [-0.4, -0.2) is 48.1 Å². The van der Waals surface area contributed by atoms with Crippen molar-refractivity contribution in [1.29, 1.82) is 0 Å². The minimum absolute atomic E-state index is 0.123. The SMILES string of the molecule is CCC1CCCN(CCSN(Cc2ccc(C3=NN=C(C(F)F)C3)cc2)c2ccccc2)C1. The highest BCUT2D eigenvalue weighted by Gasteiger charge is 2.22. The van der Waals surface area contributed by atoms with Gasteiger partial charge in [-0.3, -0.25) is 0 Å². The molecule has 1 saturated heterocycles. The topological polar surface area (TPSA) is 31.2 Å². The molecule has 2 aromatic rings. The molecule has 0 bridgehead atoms. The van der Waals surface area contributed by atoms with Crippen LogP contribution in [0.25, 0.3) is 0 Å². The van der Waals surface area contributed by atoms with Gasteiger partial charge in [-0.05, 0) is 60.5 Å². The molecule has 2 aromatic carbocycles. The van der Waals surface area contributed by atoms with Crippen molar-refractivity contribution in [1.82, 2.24) is 4.90 Å². The van der Waals surface area contributed by atoms with Crippen molar-refractivity contribution in [3.05, 3.63) is 65.7 Å². The van der Waals surface area contributed by atoms with Crippen molar-refractivity contribution in [2.45, 2.75) is 45.6 Å². The summed E-state index contributed by atoms with van der Waals surface area (Å²) in [6, 6.07) is 18.5. The number of hydrogen-bond donors (Lipinski definition) is 0. The average Bonchev–Trinajstić information content (AvgIpc) is 3.35. The number of anilines is 1. The zero-order valence-electron chi connectivity index (χ0n) is 19.2. The third-order valence-electron chi connectivity index (χ3n) is 6.39. The standard InChI is InChI=1S/C26H32F2N4S/c1-2-20-7-6-14-31(18-20)15-16-33-32(23-8-4-3-5-9-23)19-21-10-12-22(13-11-21)24-17-25(26(27)28)30-29-24/h3-5,8-13,20,26H,2,6-7,14-19H2,1H3. The summed E-state index contributed by atoms with van der Waals surface area (Å²) in [4.78, 5) is 2.61. The molecule has 7 heteroatoms. The fourth-order valence-corrected chi connectivity index (χ4v) is 5.46. The van der Waals surface area contributed by atoms with E-state index in [9.17, 15) is 8.78 Å². The molecule has 2 heterocycles. The lowest BCUT2D eigenvalue weighted by Gasteiger charge is -2.33. The summed E-state index contributed by atoms with van der Waals surface area (Å²) < 4.78 is 28.0. The molecule has 1 unspecified atom stereocenters. The largest absolute Gasteiger partial charge is 0.312 e. The molecule has 0 aromatic heterocycles. The maximum Gasteiger partial charge on any atom is 0.278 e. The molecule has 4 nitrogen and oxygen atoms in total. The van der Waals surface area contributed by atoms with Gasteiger partial charge in [-0.25, -0.2) is 8.78 Å². The van der Waals surface area contributed by atoms with Gasteiger partial charge in [0.15, 0.2) is 0 Å². The number of hydrogen-bond acceptors (Lipinski definition) is 5. The Morgan fingerprint density at radius 2 is 1.88 bits per heavy atom. The zero-order chi connectivity index (χ0) is 23.0. The van der Waals surface area contributed by atoms with Crippen molar-refractivity contribution >= 4 is 29.1 Å². The van der Waals surface area contributed by atoms with Crippen molar-refractivity contribution < 1.29 is 8.78 Å². The van der Waals surface area contributed by atoms with Crippen molar-refractivity contribution in [2.75, 3.05) is 29.7 Å². The molecule has 4 rings (SSSR count). The van der Waals surface area contributed by atoms with Gasteiger partial charge < -0.3 is 9.21 Å². The maximum absolute atomic E-state index is 12.8. The molecule has 0 aliphatic carbocycles. The van der Waals surface area contributed by atoms with E-state index in [1.807, 2.05) is 30.1 Å². The summed E-state index contributed by atoms with van der Waals surface area (Å²) in [6.45, 7) is 6.62. The maximum atomic E-state index is 12.8. The predicted octanol–water partition coefficient (Wildman–Crippen LogP) is 6.28. The second-order valence-electron chi connectivity index (χ2n) is 8.73. The number of para-hydroxylation sites is 1. The first-order chi connectivity index (χ1) is 16.1. The van der Waals surface area contributed by atoms with Gasteiger partial charge in [-0.2, -0.15) is 10.2 Å². The summed E-state index contributed by atoms with van der Waals surface area (Å²) in [5.41, 5.74) is 3.67. The molecule has 33 heavy (non-hydrogen) atoms. The zero-order valence-corrected chi connectivity index (χ0v) is 20.0. The van der Waals surface area contributed by atoms with Crippen molar-refractivity contribution in [2.24, 2.45) is 16.1 Å². The first kappa shape index (κ1) is 23.9. The lowest BCUT2D eigenvalue weighted by molar-refractivity contribution is 0.181. The van der Waals surface area contributed by atoms with Crippen LogP contribution in [-0.2, 0) is 6.54 Å². The second-order valence-corrected chi connectivity index (χ2v) is 9.84.